The highest BCUT2D eigenvalue weighted by Gasteiger charge is 2.17. The van der Waals surface area contributed by atoms with Crippen LogP contribution in [0.3, 0.4) is 0 Å². The van der Waals surface area contributed by atoms with Crippen molar-refractivity contribution in [2.75, 3.05) is 18.2 Å². The number of amides is 1. The minimum absolute atomic E-state index is 0.0491. The lowest BCUT2D eigenvalue weighted by molar-refractivity contribution is -0.383. The van der Waals surface area contributed by atoms with Gasteiger partial charge in [-0.05, 0) is 24.5 Å². The number of benzene rings is 2. The first-order chi connectivity index (χ1) is 11.5. The van der Waals surface area contributed by atoms with Crippen molar-refractivity contribution < 1.29 is 19.2 Å². The van der Waals surface area contributed by atoms with Crippen molar-refractivity contribution in [3.63, 3.8) is 0 Å². The van der Waals surface area contributed by atoms with Gasteiger partial charge in [0.05, 0.1) is 10.5 Å². The van der Waals surface area contributed by atoms with Crippen LogP contribution in [-0.4, -0.2) is 29.7 Å². The number of hydrogen-bond acceptors (Lipinski definition) is 6. The van der Waals surface area contributed by atoms with Gasteiger partial charge >= 0.3 is 5.97 Å². The van der Waals surface area contributed by atoms with Crippen LogP contribution < -0.4 is 5.32 Å². The van der Waals surface area contributed by atoms with Crippen LogP contribution in [0.2, 0.25) is 0 Å². The maximum absolute atomic E-state index is 12.0. The van der Waals surface area contributed by atoms with E-state index in [0.29, 0.717) is 5.56 Å². The number of carbonyl (C=O) groups is 2. The second-order valence-corrected chi connectivity index (χ2v) is 5.45. The van der Waals surface area contributed by atoms with Gasteiger partial charge in [0.1, 0.15) is 5.69 Å². The van der Waals surface area contributed by atoms with Gasteiger partial charge in [-0.2, -0.15) is 0 Å². The highest BCUT2D eigenvalue weighted by molar-refractivity contribution is 7.98. The van der Waals surface area contributed by atoms with Crippen LogP contribution in [0.1, 0.15) is 10.4 Å². The first-order valence-corrected chi connectivity index (χ1v) is 8.09. The monoisotopic (exact) mass is 346 g/mol. The Morgan fingerprint density at radius 1 is 1.17 bits per heavy atom. The summed E-state index contributed by atoms with van der Waals surface area (Å²) in [5.41, 5.74) is 0.182. The van der Waals surface area contributed by atoms with E-state index in [0.717, 1.165) is 4.90 Å². The van der Waals surface area contributed by atoms with Crippen LogP contribution in [0.15, 0.2) is 53.4 Å². The average molecular weight is 346 g/mol. The summed E-state index contributed by atoms with van der Waals surface area (Å²) in [5, 5.41) is 13.3. The number of carbonyl (C=O) groups excluding carboxylic acids is 2. The number of esters is 1. The zero-order chi connectivity index (χ0) is 17.5. The number of thioether (sulfide) groups is 1. The molecule has 2 aromatic rings. The van der Waals surface area contributed by atoms with Gasteiger partial charge in [-0.1, -0.05) is 24.3 Å². The summed E-state index contributed by atoms with van der Waals surface area (Å²) in [6, 6.07) is 12.6. The fourth-order valence-corrected chi connectivity index (χ4v) is 2.53. The van der Waals surface area contributed by atoms with Gasteiger partial charge in [0.25, 0.3) is 11.6 Å². The average Bonchev–Trinajstić information content (AvgIpc) is 2.59. The second-order valence-electron chi connectivity index (χ2n) is 4.60. The van der Waals surface area contributed by atoms with E-state index in [9.17, 15) is 19.7 Å². The van der Waals surface area contributed by atoms with E-state index in [1.165, 1.54) is 30.0 Å². The molecule has 7 nitrogen and oxygen atoms in total. The lowest BCUT2D eigenvalue weighted by Gasteiger charge is -2.08. The second kappa shape index (κ2) is 8.11. The number of nitro groups is 1. The molecular formula is C16H14N2O5S. The Balaban J connectivity index is 1.99. The normalized spacial score (nSPS) is 10.0. The van der Waals surface area contributed by atoms with Crippen molar-refractivity contribution in [1.29, 1.82) is 0 Å². The molecule has 0 fully saturated rings. The number of para-hydroxylation sites is 2. The maximum Gasteiger partial charge on any atom is 0.339 e. The number of nitrogens with zero attached hydrogens (tertiary/aromatic N) is 1. The minimum Gasteiger partial charge on any atom is -0.452 e. The molecule has 0 atom stereocenters. The van der Waals surface area contributed by atoms with E-state index >= 15 is 0 Å². The lowest BCUT2D eigenvalue weighted by Crippen LogP contribution is -2.21. The predicted octanol–water partition coefficient (Wildman–Crippen LogP) is 3.11. The molecule has 1 N–H and O–H groups in total. The molecule has 0 radical (unpaired) electrons. The summed E-state index contributed by atoms with van der Waals surface area (Å²) in [7, 11) is 0. The Hall–Kier alpha value is -2.87. The number of anilines is 1. The molecule has 0 heterocycles. The quantitative estimate of drug-likeness (QED) is 0.373. The molecule has 1 amide bonds. The van der Waals surface area contributed by atoms with Crippen molar-refractivity contribution in [2.24, 2.45) is 0 Å². The molecular weight excluding hydrogens is 332 g/mol. The van der Waals surface area contributed by atoms with Crippen LogP contribution in [-0.2, 0) is 9.53 Å². The van der Waals surface area contributed by atoms with Gasteiger partial charge in [0, 0.05) is 11.0 Å². The number of nitrogens with one attached hydrogen (secondary N) is 1. The third-order valence-electron chi connectivity index (χ3n) is 3.04. The molecule has 0 aromatic heterocycles. The maximum atomic E-state index is 12.0. The molecule has 0 saturated heterocycles. The van der Waals surface area contributed by atoms with Crippen LogP contribution in [0.4, 0.5) is 11.4 Å². The fourth-order valence-electron chi connectivity index (χ4n) is 1.95. The zero-order valence-electron chi connectivity index (χ0n) is 12.7. The topological polar surface area (TPSA) is 98.5 Å². The predicted molar refractivity (Wildman–Crippen MR) is 90.2 cm³/mol. The van der Waals surface area contributed by atoms with Crippen molar-refractivity contribution >= 4 is 35.0 Å². The standard InChI is InChI=1S/C16H14N2O5S/c1-24-14-9-5-2-6-11(14)16(20)23-10-15(19)17-12-7-3-4-8-13(12)18(21)22/h2-9H,10H2,1H3,(H,17,19). The van der Waals surface area contributed by atoms with Crippen LogP contribution in [0.5, 0.6) is 0 Å². The Morgan fingerprint density at radius 3 is 2.54 bits per heavy atom. The largest absolute Gasteiger partial charge is 0.452 e. The van der Waals surface area contributed by atoms with Crippen LogP contribution >= 0.6 is 11.8 Å². The lowest BCUT2D eigenvalue weighted by atomic mass is 10.2. The van der Waals surface area contributed by atoms with Crippen molar-refractivity contribution in [3.05, 3.63) is 64.2 Å². The molecule has 0 aliphatic rings. The van der Waals surface area contributed by atoms with E-state index in [2.05, 4.69) is 5.32 Å². The smallest absolute Gasteiger partial charge is 0.339 e. The highest BCUT2D eigenvalue weighted by atomic mass is 32.2. The molecule has 0 unspecified atom stereocenters. The van der Waals surface area contributed by atoms with Gasteiger partial charge in [0.15, 0.2) is 6.61 Å². The molecule has 0 aliphatic heterocycles. The molecule has 2 aromatic carbocycles. The number of rotatable bonds is 6. The molecule has 0 spiro atoms. The Morgan fingerprint density at radius 2 is 1.83 bits per heavy atom. The summed E-state index contributed by atoms with van der Waals surface area (Å²) < 4.78 is 4.97. The SMILES string of the molecule is CSc1ccccc1C(=O)OCC(=O)Nc1ccccc1[N+](=O)[O-]. The Labute approximate surface area is 142 Å². The van der Waals surface area contributed by atoms with E-state index in [1.807, 2.05) is 6.26 Å². The summed E-state index contributed by atoms with van der Waals surface area (Å²) >= 11 is 1.39. The van der Waals surface area contributed by atoms with E-state index in [-0.39, 0.29) is 11.4 Å². The molecule has 2 rings (SSSR count). The zero-order valence-corrected chi connectivity index (χ0v) is 13.5. The molecule has 0 saturated carbocycles. The minimum atomic E-state index is -0.653. The highest BCUT2D eigenvalue weighted by Crippen LogP contribution is 2.23. The number of nitro benzene ring substituents is 1. The Kier molecular flexibility index (Phi) is 5.91. The van der Waals surface area contributed by atoms with Gasteiger partial charge in [-0.15, -0.1) is 11.8 Å². The summed E-state index contributed by atoms with van der Waals surface area (Å²) in [6.07, 6.45) is 1.83. The molecule has 124 valence electrons. The first-order valence-electron chi connectivity index (χ1n) is 6.86. The fraction of sp³-hybridized carbons (Fsp3) is 0.125. The summed E-state index contributed by atoms with van der Waals surface area (Å²) in [6.45, 7) is -0.534. The van der Waals surface area contributed by atoms with Gasteiger partial charge < -0.3 is 10.1 Å². The molecule has 0 bridgehead atoms. The van der Waals surface area contributed by atoms with Crippen molar-refractivity contribution in [3.8, 4) is 0 Å². The van der Waals surface area contributed by atoms with Crippen LogP contribution in [0.25, 0.3) is 0 Å². The van der Waals surface area contributed by atoms with Crippen molar-refractivity contribution in [1.82, 2.24) is 0 Å². The molecule has 8 heteroatoms. The molecule has 0 aliphatic carbocycles. The van der Waals surface area contributed by atoms with Crippen LogP contribution in [0, 0.1) is 10.1 Å². The van der Waals surface area contributed by atoms with E-state index < -0.39 is 23.4 Å². The first kappa shape index (κ1) is 17.5. The van der Waals surface area contributed by atoms with Gasteiger partial charge in [-0.25, -0.2) is 4.79 Å². The molecule has 24 heavy (non-hydrogen) atoms. The van der Waals surface area contributed by atoms with Gasteiger partial charge in [-0.3, -0.25) is 14.9 Å². The van der Waals surface area contributed by atoms with E-state index in [1.54, 1.807) is 30.3 Å². The third kappa shape index (κ3) is 4.32. The number of hydrogen-bond donors (Lipinski definition) is 1. The van der Waals surface area contributed by atoms with Gasteiger partial charge in [0.2, 0.25) is 0 Å². The van der Waals surface area contributed by atoms with Crippen molar-refractivity contribution in [2.45, 2.75) is 4.90 Å². The summed E-state index contributed by atoms with van der Waals surface area (Å²) in [5.74, 6) is -1.28. The Bertz CT molecular complexity index is 779. The third-order valence-corrected chi connectivity index (χ3v) is 3.83. The number of ether oxygens (including phenoxy) is 1. The summed E-state index contributed by atoms with van der Waals surface area (Å²) in [4.78, 5) is 34.9. The van der Waals surface area contributed by atoms with E-state index in [4.69, 9.17) is 4.74 Å².